The molecule has 0 aliphatic carbocycles. The molecule has 1 atom stereocenters. The average molecular weight is 362 g/mol. The molecule has 0 radical (unpaired) electrons. The third kappa shape index (κ3) is 2.31. The molecule has 5 rings (SSSR count). The number of furan rings is 1. The van der Waals surface area contributed by atoms with Crippen LogP contribution in [0.25, 0.3) is 22.1 Å². The summed E-state index contributed by atoms with van der Waals surface area (Å²) >= 11 is 0. The van der Waals surface area contributed by atoms with Crippen LogP contribution in [0.2, 0.25) is 0 Å². The average Bonchev–Trinajstić information content (AvgIpc) is 3.25. The second kappa shape index (κ2) is 5.71. The van der Waals surface area contributed by atoms with Gasteiger partial charge in [-0.05, 0) is 57.5 Å². The molecule has 3 aromatic heterocycles. The molecule has 1 aliphatic heterocycles. The number of benzene rings is 1. The molecule has 1 aromatic carbocycles. The fraction of sp³-hybridized carbons (Fsp3) is 0.273. The van der Waals surface area contributed by atoms with Crippen molar-refractivity contribution in [3.8, 4) is 0 Å². The van der Waals surface area contributed by atoms with Crippen LogP contribution in [0.1, 0.15) is 30.5 Å². The van der Waals surface area contributed by atoms with E-state index in [-0.39, 0.29) is 6.67 Å². The predicted octanol–water partition coefficient (Wildman–Crippen LogP) is 5.32. The van der Waals surface area contributed by atoms with Crippen LogP contribution >= 0.6 is 0 Å². The van der Waals surface area contributed by atoms with E-state index in [9.17, 15) is 0 Å². The number of hydrogen-bond acceptors (Lipinski definition) is 5. The maximum absolute atomic E-state index is 8.66. The fourth-order valence-electron chi connectivity index (χ4n) is 3.79. The Morgan fingerprint density at radius 1 is 1.19 bits per heavy atom. The minimum Gasteiger partial charge on any atom is -0.435 e. The highest BCUT2D eigenvalue weighted by Gasteiger charge is 2.32. The normalized spacial score (nSPS) is 18.8. The van der Waals surface area contributed by atoms with E-state index in [1.807, 2.05) is 43.0 Å². The van der Waals surface area contributed by atoms with Crippen molar-refractivity contribution in [2.75, 3.05) is 16.5 Å². The monoisotopic (exact) mass is 362 g/mol. The number of aromatic nitrogens is 2. The lowest BCUT2D eigenvalue weighted by Crippen LogP contribution is -2.33. The van der Waals surface area contributed by atoms with Gasteiger partial charge >= 0.3 is 0 Å². The smallest absolute Gasteiger partial charge is 0.227 e. The second-order valence-corrected chi connectivity index (χ2v) is 6.94. The van der Waals surface area contributed by atoms with Gasteiger partial charge in [-0.1, -0.05) is 12.1 Å². The van der Waals surface area contributed by atoms with Crippen molar-refractivity contribution in [2.45, 2.75) is 33.6 Å². The van der Waals surface area contributed by atoms with Crippen LogP contribution in [0.4, 0.5) is 17.2 Å². The highest BCUT2D eigenvalue weighted by molar-refractivity contribution is 6.09. The minimum atomic E-state index is -2.50. The molecule has 136 valence electrons. The van der Waals surface area contributed by atoms with Crippen molar-refractivity contribution in [1.82, 2.24) is 9.97 Å². The Labute approximate surface area is 163 Å². The Balaban J connectivity index is 1.74. The minimum absolute atomic E-state index is 0.175. The van der Waals surface area contributed by atoms with Crippen LogP contribution < -0.4 is 9.80 Å². The highest BCUT2D eigenvalue weighted by atomic mass is 16.3. The number of hydrogen-bond donors (Lipinski definition) is 0. The van der Waals surface area contributed by atoms with Crippen molar-refractivity contribution in [2.24, 2.45) is 0 Å². The van der Waals surface area contributed by atoms with Crippen LogP contribution in [-0.4, -0.2) is 22.7 Å². The maximum Gasteiger partial charge on any atom is 0.227 e. The summed E-state index contributed by atoms with van der Waals surface area (Å²) in [6, 6.07) is 9.72. The standard InChI is InChI=1S/C22H22N4O/c1-13(2)25-12-26(21-18(25)6-5-11-23-21)19-14(3)7-9-16-17-10-8-15(4)24-22(17)27-20(16)19/h5-11,13H,12H2,1-4H3/i1D3,13D. The van der Waals surface area contributed by atoms with Crippen molar-refractivity contribution < 1.29 is 9.90 Å². The van der Waals surface area contributed by atoms with Crippen molar-refractivity contribution >= 4 is 39.3 Å². The van der Waals surface area contributed by atoms with Gasteiger partial charge in [0.15, 0.2) is 11.4 Å². The van der Waals surface area contributed by atoms with Crippen LogP contribution in [0, 0.1) is 13.8 Å². The van der Waals surface area contributed by atoms with Gasteiger partial charge in [0.2, 0.25) is 5.71 Å². The summed E-state index contributed by atoms with van der Waals surface area (Å²) in [6.07, 6.45) is 1.67. The molecular formula is C22H22N4O. The van der Waals surface area contributed by atoms with Crippen LogP contribution in [0.3, 0.4) is 0 Å². The van der Waals surface area contributed by atoms with Gasteiger partial charge in [0, 0.05) is 32.8 Å². The number of aryl methyl sites for hydroxylation is 2. The van der Waals surface area contributed by atoms with Gasteiger partial charge in [0.1, 0.15) is 0 Å². The Hall–Kier alpha value is -3.08. The summed E-state index contributed by atoms with van der Waals surface area (Å²) < 4.78 is 38.6. The molecule has 5 heteroatoms. The Bertz CT molecular complexity index is 1330. The highest BCUT2D eigenvalue weighted by Crippen LogP contribution is 2.45. The molecule has 27 heavy (non-hydrogen) atoms. The maximum atomic E-state index is 8.66. The molecule has 0 bridgehead atoms. The van der Waals surface area contributed by atoms with Gasteiger partial charge in [0.25, 0.3) is 0 Å². The van der Waals surface area contributed by atoms with Gasteiger partial charge in [-0.3, -0.25) is 0 Å². The van der Waals surface area contributed by atoms with Gasteiger partial charge in [-0.25, -0.2) is 9.97 Å². The first-order valence-corrected chi connectivity index (χ1v) is 8.89. The fourth-order valence-corrected chi connectivity index (χ4v) is 3.79. The summed E-state index contributed by atoms with van der Waals surface area (Å²) in [6.45, 7) is 2.99. The lowest BCUT2D eigenvalue weighted by molar-refractivity contribution is 0.649. The molecule has 0 fully saturated rings. The molecule has 5 nitrogen and oxygen atoms in total. The van der Waals surface area contributed by atoms with Gasteiger partial charge in [0.05, 0.1) is 19.4 Å². The van der Waals surface area contributed by atoms with Gasteiger partial charge in [-0.15, -0.1) is 0 Å². The van der Waals surface area contributed by atoms with Gasteiger partial charge in [-0.2, -0.15) is 0 Å². The first kappa shape index (κ1) is 12.3. The molecule has 1 unspecified atom stereocenters. The van der Waals surface area contributed by atoms with Crippen molar-refractivity contribution in [1.29, 1.82) is 0 Å². The lowest BCUT2D eigenvalue weighted by atomic mass is 10.1. The number of pyridine rings is 2. The Morgan fingerprint density at radius 2 is 2.04 bits per heavy atom. The van der Waals surface area contributed by atoms with E-state index < -0.39 is 12.9 Å². The third-order valence-electron chi connectivity index (χ3n) is 5.09. The molecule has 0 spiro atoms. The number of fused-ring (bicyclic) bond motifs is 4. The van der Waals surface area contributed by atoms with E-state index in [0.717, 1.165) is 27.7 Å². The first-order valence-electron chi connectivity index (χ1n) is 10.9. The van der Waals surface area contributed by atoms with Crippen LogP contribution in [0.5, 0.6) is 0 Å². The molecule has 4 aromatic rings. The lowest BCUT2D eigenvalue weighted by Gasteiger charge is -2.25. The quantitative estimate of drug-likeness (QED) is 0.483. The van der Waals surface area contributed by atoms with Crippen LogP contribution in [-0.2, 0) is 0 Å². The summed E-state index contributed by atoms with van der Waals surface area (Å²) in [7, 11) is 0. The molecule has 0 saturated carbocycles. The van der Waals surface area contributed by atoms with E-state index >= 15 is 0 Å². The zero-order chi connectivity index (χ0) is 22.1. The van der Waals surface area contributed by atoms with Crippen LogP contribution in [0.15, 0.2) is 47.0 Å². The topological polar surface area (TPSA) is 45.4 Å². The molecule has 1 aliphatic rings. The van der Waals surface area contributed by atoms with E-state index in [0.29, 0.717) is 22.8 Å². The number of nitrogens with zero attached hydrogens (tertiary/aromatic N) is 4. The number of anilines is 3. The first-order chi connectivity index (χ1) is 14.6. The van der Waals surface area contributed by atoms with E-state index in [4.69, 9.17) is 9.90 Å². The molecule has 0 amide bonds. The molecule has 4 heterocycles. The van der Waals surface area contributed by atoms with E-state index in [2.05, 4.69) is 9.97 Å². The summed E-state index contributed by atoms with van der Waals surface area (Å²) in [5.41, 5.74) is 4.47. The molecule has 0 N–H and O–H groups in total. The number of rotatable bonds is 2. The van der Waals surface area contributed by atoms with Gasteiger partial charge < -0.3 is 14.2 Å². The van der Waals surface area contributed by atoms with E-state index in [1.54, 1.807) is 23.2 Å². The van der Waals surface area contributed by atoms with Crippen molar-refractivity contribution in [3.63, 3.8) is 0 Å². The Kier molecular flexibility index (Phi) is 2.61. The predicted molar refractivity (Wildman–Crippen MR) is 110 cm³/mol. The SMILES string of the molecule is [2H]C([2H])([2H])C([2H])(C)N1CN(c2c(C)ccc3c2oc2nc(C)ccc23)c2ncccc21. The molecular weight excluding hydrogens is 336 g/mol. The zero-order valence-corrected chi connectivity index (χ0v) is 15.4. The summed E-state index contributed by atoms with van der Waals surface area (Å²) in [5.74, 6) is 0.602. The third-order valence-corrected chi connectivity index (χ3v) is 5.09. The molecule has 0 saturated heterocycles. The summed E-state index contributed by atoms with van der Waals surface area (Å²) in [4.78, 5) is 12.6. The van der Waals surface area contributed by atoms with Crippen molar-refractivity contribution in [3.05, 3.63) is 53.9 Å². The Morgan fingerprint density at radius 3 is 2.89 bits per heavy atom. The van der Waals surface area contributed by atoms with E-state index in [1.165, 1.54) is 6.92 Å². The largest absolute Gasteiger partial charge is 0.435 e. The zero-order valence-electron chi connectivity index (χ0n) is 19.4. The second-order valence-electron chi connectivity index (χ2n) is 6.94. The summed E-state index contributed by atoms with van der Waals surface area (Å²) in [5, 5.41) is 1.86.